The highest BCUT2D eigenvalue weighted by molar-refractivity contribution is 5.98. The number of anilines is 1. The van der Waals surface area contributed by atoms with Gasteiger partial charge in [-0.2, -0.15) is 0 Å². The third-order valence-corrected chi connectivity index (χ3v) is 1.89. The van der Waals surface area contributed by atoms with Gasteiger partial charge in [0.15, 0.2) is 0 Å². The average molecular weight is 222 g/mol. The number of carbonyl (C=O) groups is 1. The molecule has 4 nitrogen and oxygen atoms in total. The molecule has 0 fully saturated rings. The van der Waals surface area contributed by atoms with Crippen LogP contribution < -0.4 is 10.8 Å². The number of carbonyl (C=O) groups excluding carboxylic acids is 1. The molecule has 16 heavy (non-hydrogen) atoms. The molecule has 0 spiro atoms. The predicted molar refractivity (Wildman–Crippen MR) is 64.3 cm³/mol. The van der Waals surface area contributed by atoms with Crippen LogP contribution in [0, 0.1) is 0 Å². The van der Waals surface area contributed by atoms with Crippen LogP contribution in [0.4, 0.5) is 5.69 Å². The normalized spacial score (nSPS) is 11.0. The number of rotatable bonds is 3. The molecule has 0 bridgehead atoms. The second-order valence-electron chi connectivity index (χ2n) is 4.44. The lowest BCUT2D eigenvalue weighted by molar-refractivity contribution is -0.0589. The van der Waals surface area contributed by atoms with Crippen molar-refractivity contribution < 1.29 is 9.63 Å². The van der Waals surface area contributed by atoms with E-state index in [-0.39, 0.29) is 5.91 Å². The van der Waals surface area contributed by atoms with Crippen LogP contribution in [0.1, 0.15) is 31.1 Å². The Morgan fingerprint density at radius 3 is 2.44 bits per heavy atom. The van der Waals surface area contributed by atoms with Gasteiger partial charge in [-0.25, -0.2) is 5.48 Å². The van der Waals surface area contributed by atoms with Crippen molar-refractivity contribution in [3.05, 3.63) is 29.8 Å². The zero-order valence-corrected chi connectivity index (χ0v) is 10.1. The molecule has 2 N–H and O–H groups in total. The van der Waals surface area contributed by atoms with Gasteiger partial charge in [0, 0.05) is 12.7 Å². The molecule has 1 aromatic rings. The lowest BCUT2D eigenvalue weighted by atomic mass is 10.1. The minimum Gasteiger partial charge on any atom is -0.387 e. The van der Waals surface area contributed by atoms with Crippen LogP contribution >= 0.6 is 0 Å². The van der Waals surface area contributed by atoms with Gasteiger partial charge in [-0.15, -0.1) is 0 Å². The smallest absolute Gasteiger partial charge is 0.276 e. The zero-order chi connectivity index (χ0) is 12.2. The lowest BCUT2D eigenvalue weighted by Gasteiger charge is -2.19. The number of hydrogen-bond acceptors (Lipinski definition) is 3. The summed E-state index contributed by atoms with van der Waals surface area (Å²) in [5, 5.41) is 2.96. The van der Waals surface area contributed by atoms with E-state index in [1.807, 2.05) is 39.0 Å². The van der Waals surface area contributed by atoms with Crippen molar-refractivity contribution in [2.75, 3.05) is 12.4 Å². The third-order valence-electron chi connectivity index (χ3n) is 1.89. The maximum Gasteiger partial charge on any atom is 0.276 e. The number of amides is 1. The molecule has 1 amide bonds. The highest BCUT2D eigenvalue weighted by Gasteiger charge is 2.15. The summed E-state index contributed by atoms with van der Waals surface area (Å²) in [6, 6.07) is 7.26. The molecule has 1 aromatic carbocycles. The van der Waals surface area contributed by atoms with Crippen LogP contribution in [0.3, 0.4) is 0 Å². The molecule has 0 aliphatic heterocycles. The Kier molecular flexibility index (Phi) is 3.90. The Balaban J connectivity index is 2.73. The average Bonchev–Trinajstić information content (AvgIpc) is 2.25. The minimum atomic E-state index is -0.399. The molecule has 0 saturated carbocycles. The van der Waals surface area contributed by atoms with Gasteiger partial charge >= 0.3 is 0 Å². The monoisotopic (exact) mass is 222 g/mol. The number of para-hydroxylation sites is 1. The molecule has 0 aromatic heterocycles. The molecule has 0 radical (unpaired) electrons. The van der Waals surface area contributed by atoms with E-state index in [4.69, 9.17) is 4.84 Å². The summed E-state index contributed by atoms with van der Waals surface area (Å²) in [5.74, 6) is -0.250. The van der Waals surface area contributed by atoms with Crippen LogP contribution in [0.2, 0.25) is 0 Å². The standard InChI is InChI=1S/C12H18N2O2/c1-12(2,3)16-14-11(15)9-7-5-6-8-10(9)13-4/h5-8,13H,1-4H3,(H,14,15). The van der Waals surface area contributed by atoms with Crippen molar-refractivity contribution in [3.8, 4) is 0 Å². The molecular weight excluding hydrogens is 204 g/mol. The van der Waals surface area contributed by atoms with Crippen LogP contribution in [0.5, 0.6) is 0 Å². The van der Waals surface area contributed by atoms with Crippen molar-refractivity contribution in [2.24, 2.45) is 0 Å². The third kappa shape index (κ3) is 3.55. The second-order valence-corrected chi connectivity index (χ2v) is 4.44. The van der Waals surface area contributed by atoms with Gasteiger partial charge in [-0.05, 0) is 32.9 Å². The second kappa shape index (κ2) is 4.99. The summed E-state index contributed by atoms with van der Waals surface area (Å²) in [7, 11) is 1.77. The molecule has 0 atom stereocenters. The zero-order valence-electron chi connectivity index (χ0n) is 10.1. The first-order valence-electron chi connectivity index (χ1n) is 5.19. The molecular formula is C12H18N2O2. The fourth-order valence-corrected chi connectivity index (χ4v) is 1.15. The molecule has 4 heteroatoms. The van der Waals surface area contributed by atoms with E-state index in [0.717, 1.165) is 5.69 Å². The highest BCUT2D eigenvalue weighted by Crippen LogP contribution is 2.14. The Hall–Kier alpha value is -1.55. The molecule has 0 unspecified atom stereocenters. The summed E-state index contributed by atoms with van der Waals surface area (Å²) >= 11 is 0. The van der Waals surface area contributed by atoms with Crippen LogP contribution in [-0.2, 0) is 4.84 Å². The van der Waals surface area contributed by atoms with Gasteiger partial charge in [0.05, 0.1) is 11.2 Å². The largest absolute Gasteiger partial charge is 0.387 e. The summed E-state index contributed by atoms with van der Waals surface area (Å²) in [6.07, 6.45) is 0. The fourth-order valence-electron chi connectivity index (χ4n) is 1.15. The van der Waals surface area contributed by atoms with E-state index < -0.39 is 5.60 Å². The molecule has 0 aliphatic carbocycles. The molecule has 1 rings (SSSR count). The quantitative estimate of drug-likeness (QED) is 0.771. The number of nitrogens with one attached hydrogen (secondary N) is 2. The minimum absolute atomic E-state index is 0.250. The Morgan fingerprint density at radius 2 is 1.88 bits per heavy atom. The van der Waals surface area contributed by atoms with Crippen molar-refractivity contribution in [3.63, 3.8) is 0 Å². The van der Waals surface area contributed by atoms with Gasteiger partial charge in [-0.1, -0.05) is 12.1 Å². The van der Waals surface area contributed by atoms with E-state index in [2.05, 4.69) is 10.8 Å². The first-order chi connectivity index (χ1) is 7.44. The van der Waals surface area contributed by atoms with E-state index in [9.17, 15) is 4.79 Å². The predicted octanol–water partition coefficient (Wildman–Crippen LogP) is 2.19. The van der Waals surface area contributed by atoms with E-state index >= 15 is 0 Å². The van der Waals surface area contributed by atoms with Gasteiger partial charge in [0.2, 0.25) is 0 Å². The van der Waals surface area contributed by atoms with E-state index in [1.165, 1.54) is 0 Å². The fraction of sp³-hybridized carbons (Fsp3) is 0.417. The maximum atomic E-state index is 11.8. The van der Waals surface area contributed by atoms with Gasteiger partial charge in [0.25, 0.3) is 5.91 Å². The molecule has 0 saturated heterocycles. The van der Waals surface area contributed by atoms with Crippen molar-refractivity contribution in [1.29, 1.82) is 0 Å². The van der Waals surface area contributed by atoms with Gasteiger partial charge < -0.3 is 5.32 Å². The van der Waals surface area contributed by atoms with Crippen molar-refractivity contribution >= 4 is 11.6 Å². The SMILES string of the molecule is CNc1ccccc1C(=O)NOC(C)(C)C. The molecule has 0 heterocycles. The lowest BCUT2D eigenvalue weighted by Crippen LogP contribution is -2.33. The maximum absolute atomic E-state index is 11.8. The Morgan fingerprint density at radius 1 is 1.25 bits per heavy atom. The first kappa shape index (κ1) is 12.5. The number of hydrogen-bond donors (Lipinski definition) is 2. The van der Waals surface area contributed by atoms with Crippen molar-refractivity contribution in [1.82, 2.24) is 5.48 Å². The highest BCUT2D eigenvalue weighted by atomic mass is 16.7. The van der Waals surface area contributed by atoms with Crippen LogP contribution in [0.25, 0.3) is 0 Å². The summed E-state index contributed by atoms with van der Waals surface area (Å²) in [5.41, 5.74) is 3.38. The van der Waals surface area contributed by atoms with E-state index in [0.29, 0.717) is 5.56 Å². The summed E-state index contributed by atoms with van der Waals surface area (Å²) in [4.78, 5) is 17.0. The van der Waals surface area contributed by atoms with Gasteiger partial charge in [-0.3, -0.25) is 9.63 Å². The van der Waals surface area contributed by atoms with E-state index in [1.54, 1.807) is 13.1 Å². The summed E-state index contributed by atoms with van der Waals surface area (Å²) in [6.45, 7) is 5.62. The Labute approximate surface area is 95.9 Å². The van der Waals surface area contributed by atoms with Gasteiger partial charge in [0.1, 0.15) is 0 Å². The van der Waals surface area contributed by atoms with Crippen molar-refractivity contribution in [2.45, 2.75) is 26.4 Å². The molecule has 88 valence electrons. The topological polar surface area (TPSA) is 50.4 Å². The first-order valence-corrected chi connectivity index (χ1v) is 5.19. The Bertz CT molecular complexity index is 370. The number of benzene rings is 1. The number of hydroxylamine groups is 1. The van der Waals surface area contributed by atoms with Crippen LogP contribution in [0.15, 0.2) is 24.3 Å². The summed E-state index contributed by atoms with van der Waals surface area (Å²) < 4.78 is 0. The molecule has 0 aliphatic rings. The van der Waals surface area contributed by atoms with Crippen LogP contribution in [-0.4, -0.2) is 18.6 Å².